The van der Waals surface area contributed by atoms with Crippen molar-refractivity contribution in [3.8, 4) is 0 Å². The molecule has 126 valence electrons. The predicted octanol–water partition coefficient (Wildman–Crippen LogP) is 2.25. The fourth-order valence-electron chi connectivity index (χ4n) is 3.52. The molecule has 1 saturated heterocycles. The number of hydrogen-bond donors (Lipinski definition) is 1. The number of benzene rings is 1. The average Bonchev–Trinajstić information content (AvgIpc) is 2.97. The number of carbonyl (C=O) groups excluding carboxylic acids is 1. The van der Waals surface area contributed by atoms with Gasteiger partial charge >= 0.3 is 0 Å². The van der Waals surface area contributed by atoms with Crippen molar-refractivity contribution in [1.82, 2.24) is 9.80 Å². The molecule has 1 aromatic rings. The molecule has 1 heterocycles. The number of nitrogens with two attached hydrogens (primary N) is 1. The summed E-state index contributed by atoms with van der Waals surface area (Å²) in [6.45, 7) is 3.80. The van der Waals surface area contributed by atoms with E-state index in [1.807, 2.05) is 4.90 Å². The average molecular weight is 340 g/mol. The molecule has 1 aliphatic carbocycles. The normalized spacial score (nSPS) is 25.8. The molecule has 6 heteroatoms. The first-order valence-electron chi connectivity index (χ1n) is 8.23. The highest BCUT2D eigenvalue weighted by Gasteiger charge is 2.32. The standard InChI is InChI=1S/C17H23ClFN3O/c18-16-10-14(19)3-1-13(16)11-21-5-7-22(8-6-21)17(23)12-2-4-15(20)9-12/h1,3,10,12,15H,2,4-9,11,20H2. The van der Waals surface area contributed by atoms with Gasteiger partial charge in [0.2, 0.25) is 5.91 Å². The molecular formula is C17H23ClFN3O. The molecule has 2 N–H and O–H groups in total. The maximum Gasteiger partial charge on any atom is 0.225 e. The molecule has 1 aliphatic heterocycles. The lowest BCUT2D eigenvalue weighted by Gasteiger charge is -2.36. The number of carbonyl (C=O) groups is 1. The molecule has 2 atom stereocenters. The summed E-state index contributed by atoms with van der Waals surface area (Å²) in [6.07, 6.45) is 2.70. The maximum absolute atomic E-state index is 13.1. The highest BCUT2D eigenvalue weighted by Crippen LogP contribution is 2.26. The second-order valence-corrected chi connectivity index (χ2v) is 7.01. The van der Waals surface area contributed by atoms with E-state index in [1.54, 1.807) is 6.07 Å². The Hall–Kier alpha value is -1.17. The van der Waals surface area contributed by atoms with Gasteiger partial charge in [0.05, 0.1) is 0 Å². The quantitative estimate of drug-likeness (QED) is 0.919. The minimum Gasteiger partial charge on any atom is -0.340 e. The van der Waals surface area contributed by atoms with Crippen LogP contribution in [0.1, 0.15) is 24.8 Å². The van der Waals surface area contributed by atoms with Gasteiger partial charge < -0.3 is 10.6 Å². The summed E-state index contributed by atoms with van der Waals surface area (Å²) in [5.41, 5.74) is 6.83. The van der Waals surface area contributed by atoms with Gasteiger partial charge in [-0.25, -0.2) is 4.39 Å². The van der Waals surface area contributed by atoms with Crippen LogP contribution in [0.15, 0.2) is 18.2 Å². The van der Waals surface area contributed by atoms with Gasteiger partial charge in [-0.1, -0.05) is 17.7 Å². The zero-order chi connectivity index (χ0) is 16.4. The predicted molar refractivity (Wildman–Crippen MR) is 88.6 cm³/mol. The molecule has 23 heavy (non-hydrogen) atoms. The van der Waals surface area contributed by atoms with Crippen LogP contribution in [0.3, 0.4) is 0 Å². The molecule has 0 bridgehead atoms. The van der Waals surface area contributed by atoms with Crippen molar-refractivity contribution in [3.63, 3.8) is 0 Å². The van der Waals surface area contributed by atoms with E-state index in [0.717, 1.165) is 51.0 Å². The van der Waals surface area contributed by atoms with Crippen molar-refractivity contribution in [2.75, 3.05) is 26.2 Å². The summed E-state index contributed by atoms with van der Waals surface area (Å²) >= 11 is 6.08. The van der Waals surface area contributed by atoms with Gasteiger partial charge in [0.25, 0.3) is 0 Å². The SMILES string of the molecule is NC1CCC(C(=O)N2CCN(Cc3ccc(F)cc3Cl)CC2)C1. The minimum atomic E-state index is -0.316. The zero-order valence-electron chi connectivity index (χ0n) is 13.2. The third-order valence-electron chi connectivity index (χ3n) is 4.92. The number of hydrogen-bond acceptors (Lipinski definition) is 3. The van der Waals surface area contributed by atoms with Gasteiger partial charge in [-0.2, -0.15) is 0 Å². The zero-order valence-corrected chi connectivity index (χ0v) is 13.9. The summed E-state index contributed by atoms with van der Waals surface area (Å²) in [5.74, 6) is 0.0597. The van der Waals surface area contributed by atoms with Crippen LogP contribution in [0, 0.1) is 11.7 Å². The third kappa shape index (κ3) is 4.03. The van der Waals surface area contributed by atoms with E-state index in [9.17, 15) is 9.18 Å². The molecule has 2 unspecified atom stereocenters. The molecule has 1 aromatic carbocycles. The molecule has 1 saturated carbocycles. The van der Waals surface area contributed by atoms with Crippen LogP contribution < -0.4 is 5.73 Å². The maximum atomic E-state index is 13.1. The third-order valence-corrected chi connectivity index (χ3v) is 5.27. The van der Waals surface area contributed by atoms with Crippen molar-refractivity contribution in [3.05, 3.63) is 34.6 Å². The van der Waals surface area contributed by atoms with Crippen LogP contribution in [-0.4, -0.2) is 47.9 Å². The number of amides is 1. The highest BCUT2D eigenvalue weighted by atomic mass is 35.5. The summed E-state index contributed by atoms with van der Waals surface area (Å²) < 4.78 is 13.1. The van der Waals surface area contributed by atoms with Crippen LogP contribution in [0.5, 0.6) is 0 Å². The van der Waals surface area contributed by atoms with Gasteiger partial charge in [0.15, 0.2) is 0 Å². The second-order valence-electron chi connectivity index (χ2n) is 6.61. The Labute approximate surface area is 141 Å². The molecule has 2 fully saturated rings. The fraction of sp³-hybridized carbons (Fsp3) is 0.588. The number of halogens is 2. The molecule has 0 radical (unpaired) electrons. The smallest absolute Gasteiger partial charge is 0.225 e. The molecule has 1 amide bonds. The van der Waals surface area contributed by atoms with Crippen molar-refractivity contribution in [2.24, 2.45) is 11.7 Å². The van der Waals surface area contributed by atoms with E-state index in [2.05, 4.69) is 4.90 Å². The van der Waals surface area contributed by atoms with Crippen molar-refractivity contribution >= 4 is 17.5 Å². The van der Waals surface area contributed by atoms with Gasteiger partial charge in [0.1, 0.15) is 5.82 Å². The van der Waals surface area contributed by atoms with E-state index in [1.165, 1.54) is 12.1 Å². The molecular weight excluding hydrogens is 317 g/mol. The van der Waals surface area contributed by atoms with Crippen LogP contribution in [0.4, 0.5) is 4.39 Å². The fourth-order valence-corrected chi connectivity index (χ4v) is 3.74. The Morgan fingerprint density at radius 1 is 1.26 bits per heavy atom. The van der Waals surface area contributed by atoms with E-state index < -0.39 is 0 Å². The van der Waals surface area contributed by atoms with Crippen LogP contribution in [0.2, 0.25) is 5.02 Å². The topological polar surface area (TPSA) is 49.6 Å². The Morgan fingerprint density at radius 2 is 2.00 bits per heavy atom. The number of nitrogens with zero attached hydrogens (tertiary/aromatic N) is 2. The summed E-state index contributed by atoms with van der Waals surface area (Å²) in [4.78, 5) is 16.7. The van der Waals surface area contributed by atoms with Crippen LogP contribution >= 0.6 is 11.6 Å². The first-order valence-corrected chi connectivity index (χ1v) is 8.61. The molecule has 4 nitrogen and oxygen atoms in total. The second kappa shape index (κ2) is 7.16. The highest BCUT2D eigenvalue weighted by molar-refractivity contribution is 6.31. The molecule has 0 aromatic heterocycles. The van der Waals surface area contributed by atoms with Crippen LogP contribution in [-0.2, 0) is 11.3 Å². The Balaban J connectivity index is 1.51. The summed E-state index contributed by atoms with van der Waals surface area (Å²) in [6, 6.07) is 4.70. The van der Waals surface area contributed by atoms with Gasteiger partial charge in [0, 0.05) is 49.7 Å². The lowest BCUT2D eigenvalue weighted by molar-refractivity contribution is -0.137. The number of rotatable bonds is 3. The van der Waals surface area contributed by atoms with Gasteiger partial charge in [-0.3, -0.25) is 9.69 Å². The van der Waals surface area contributed by atoms with Crippen molar-refractivity contribution < 1.29 is 9.18 Å². The summed E-state index contributed by atoms with van der Waals surface area (Å²) in [5, 5.41) is 0.462. The Bertz CT molecular complexity index is 575. The van der Waals surface area contributed by atoms with Crippen molar-refractivity contribution in [1.29, 1.82) is 0 Å². The summed E-state index contributed by atoms with van der Waals surface area (Å²) in [7, 11) is 0. The lowest BCUT2D eigenvalue weighted by Crippen LogP contribution is -2.49. The monoisotopic (exact) mass is 339 g/mol. The molecule has 0 spiro atoms. The molecule has 3 rings (SSSR count). The molecule has 2 aliphatic rings. The van der Waals surface area contributed by atoms with E-state index in [0.29, 0.717) is 11.6 Å². The van der Waals surface area contributed by atoms with Crippen molar-refractivity contribution in [2.45, 2.75) is 31.8 Å². The minimum absolute atomic E-state index is 0.114. The number of piperazine rings is 1. The van der Waals surface area contributed by atoms with E-state index in [4.69, 9.17) is 17.3 Å². The van der Waals surface area contributed by atoms with E-state index >= 15 is 0 Å². The lowest BCUT2D eigenvalue weighted by atomic mass is 10.1. The first kappa shape index (κ1) is 16.7. The first-order chi connectivity index (χ1) is 11.0. The largest absolute Gasteiger partial charge is 0.340 e. The van der Waals surface area contributed by atoms with Gasteiger partial charge in [-0.15, -0.1) is 0 Å². The van der Waals surface area contributed by atoms with E-state index in [-0.39, 0.29) is 23.7 Å². The Kier molecular flexibility index (Phi) is 5.19. The Morgan fingerprint density at radius 3 is 2.61 bits per heavy atom. The van der Waals surface area contributed by atoms with Gasteiger partial charge in [-0.05, 0) is 37.0 Å². The van der Waals surface area contributed by atoms with Crippen LogP contribution in [0.25, 0.3) is 0 Å².